The molecule has 1 saturated heterocycles. The van der Waals surface area contributed by atoms with E-state index in [0.717, 1.165) is 36.8 Å². The first-order chi connectivity index (χ1) is 26.8. The number of aldehydes is 1. The Morgan fingerprint density at radius 1 is 0.945 bits per heavy atom. The van der Waals surface area contributed by atoms with Gasteiger partial charge in [0, 0.05) is 18.4 Å². The van der Waals surface area contributed by atoms with Crippen molar-refractivity contribution in [3.8, 4) is 17.6 Å². The Labute approximate surface area is 321 Å². The van der Waals surface area contributed by atoms with E-state index in [9.17, 15) is 29.7 Å². The molecule has 2 heterocycles. The van der Waals surface area contributed by atoms with Crippen molar-refractivity contribution in [1.29, 1.82) is 0 Å². The zero-order valence-electron chi connectivity index (χ0n) is 30.8. The summed E-state index contributed by atoms with van der Waals surface area (Å²) in [5, 5.41) is 35.0. The summed E-state index contributed by atoms with van der Waals surface area (Å²) in [6, 6.07) is 28.1. The van der Waals surface area contributed by atoms with Crippen LogP contribution in [-0.4, -0.2) is 70.3 Å². The Morgan fingerprint density at radius 3 is 2.20 bits per heavy atom. The number of nitrogens with zero attached hydrogens (tertiary/aromatic N) is 1. The maximum Gasteiger partial charge on any atom is 0.310 e. The number of likely N-dealkylation sites (tertiary alicyclic amines) is 1. The molecule has 10 heteroatoms. The number of aliphatic carboxylic acids is 1. The van der Waals surface area contributed by atoms with Gasteiger partial charge in [0.15, 0.2) is 0 Å². The van der Waals surface area contributed by atoms with Gasteiger partial charge in [0.1, 0.15) is 35.8 Å². The van der Waals surface area contributed by atoms with Crippen LogP contribution < -0.4 is 10.1 Å². The standard InChI is InChI=1S/C45H46N2O8/c1-54-40(32-14-8-5-9-15-32)39(31-12-6-4-7-13-31)47-37(29-49)38(42(50)51)45(41(47)33-17-19-34(20-18-33)55-27-26-48)35-28-30(16-21-36(35)46-43(45)52)22-25-44(53)23-10-2-3-11-24-44/h4-9,12-21,28-29,37-41,48,53H,2-3,10-11,23-24,26-27H2,1H3,(H,46,52)(H,50,51)/t37-,38+,39+,40-,41-,45+/m0/s1. The van der Waals surface area contributed by atoms with Crippen molar-refractivity contribution in [2.24, 2.45) is 5.92 Å². The second-order valence-corrected chi connectivity index (χ2v) is 14.6. The number of nitrogens with one attached hydrogen (secondary N) is 1. The minimum absolute atomic E-state index is 0.0739. The molecule has 55 heavy (non-hydrogen) atoms. The van der Waals surface area contributed by atoms with Crippen LogP contribution in [0.15, 0.2) is 103 Å². The van der Waals surface area contributed by atoms with E-state index in [1.807, 2.05) is 65.6 Å². The van der Waals surface area contributed by atoms with E-state index in [4.69, 9.17) is 9.47 Å². The molecule has 0 aromatic heterocycles. The molecule has 1 amide bonds. The predicted octanol–water partition coefficient (Wildman–Crippen LogP) is 6.14. The number of benzene rings is 4. The third kappa shape index (κ3) is 7.05. The van der Waals surface area contributed by atoms with Crippen molar-refractivity contribution in [3.63, 3.8) is 0 Å². The number of rotatable bonds is 11. The quantitative estimate of drug-likeness (QED) is 0.0810. The van der Waals surface area contributed by atoms with Crippen LogP contribution in [0, 0.1) is 17.8 Å². The predicted molar refractivity (Wildman–Crippen MR) is 206 cm³/mol. The fourth-order valence-corrected chi connectivity index (χ4v) is 9.07. The number of carbonyl (C=O) groups is 3. The zero-order chi connectivity index (χ0) is 38.6. The van der Waals surface area contributed by atoms with Gasteiger partial charge >= 0.3 is 5.97 Å². The van der Waals surface area contributed by atoms with Gasteiger partial charge < -0.3 is 34.9 Å². The Hall–Kier alpha value is -5.31. The van der Waals surface area contributed by atoms with Crippen molar-refractivity contribution in [2.75, 3.05) is 25.6 Å². The van der Waals surface area contributed by atoms with Crippen molar-refractivity contribution in [3.05, 3.63) is 131 Å². The molecular weight excluding hydrogens is 697 g/mol. The fourth-order valence-electron chi connectivity index (χ4n) is 9.07. The first-order valence-corrected chi connectivity index (χ1v) is 18.9. The number of hydrogen-bond donors (Lipinski definition) is 4. The van der Waals surface area contributed by atoms with E-state index in [0.29, 0.717) is 47.3 Å². The van der Waals surface area contributed by atoms with E-state index < -0.39 is 53.0 Å². The monoisotopic (exact) mass is 742 g/mol. The van der Waals surface area contributed by atoms with Crippen LogP contribution in [0.25, 0.3) is 0 Å². The summed E-state index contributed by atoms with van der Waals surface area (Å²) >= 11 is 0. The summed E-state index contributed by atoms with van der Waals surface area (Å²) in [5.41, 5.74) is 0.504. The minimum Gasteiger partial charge on any atom is -0.491 e. The molecule has 0 bridgehead atoms. The van der Waals surface area contributed by atoms with Crippen molar-refractivity contribution in [2.45, 2.75) is 73.8 Å². The largest absolute Gasteiger partial charge is 0.491 e. The highest BCUT2D eigenvalue weighted by Crippen LogP contribution is 2.63. The van der Waals surface area contributed by atoms with Gasteiger partial charge in [0.25, 0.3) is 0 Å². The molecule has 6 atom stereocenters. The maximum atomic E-state index is 15.0. The molecule has 0 unspecified atom stereocenters. The van der Waals surface area contributed by atoms with Crippen LogP contribution in [0.5, 0.6) is 5.75 Å². The smallest absolute Gasteiger partial charge is 0.310 e. The topological polar surface area (TPSA) is 146 Å². The minimum atomic E-state index is -1.83. The van der Waals surface area contributed by atoms with Gasteiger partial charge in [-0.05, 0) is 78.3 Å². The van der Waals surface area contributed by atoms with Crippen LogP contribution in [0.3, 0.4) is 0 Å². The van der Waals surface area contributed by atoms with E-state index in [1.54, 1.807) is 49.6 Å². The van der Waals surface area contributed by atoms with Gasteiger partial charge in [-0.2, -0.15) is 0 Å². The Morgan fingerprint density at radius 2 is 1.60 bits per heavy atom. The van der Waals surface area contributed by atoms with Crippen LogP contribution >= 0.6 is 0 Å². The van der Waals surface area contributed by atoms with E-state index in [1.165, 1.54) is 0 Å². The van der Waals surface area contributed by atoms with Crippen LogP contribution in [0.2, 0.25) is 0 Å². The lowest BCUT2D eigenvalue weighted by Crippen LogP contribution is -2.48. The Balaban J connectivity index is 1.49. The number of aliphatic hydroxyl groups is 2. The molecule has 1 spiro atoms. The summed E-state index contributed by atoms with van der Waals surface area (Å²) < 4.78 is 12.0. The summed E-state index contributed by atoms with van der Waals surface area (Å²) in [5.74, 6) is 3.35. The summed E-state index contributed by atoms with van der Waals surface area (Å²) in [6.07, 6.45) is 4.90. The first kappa shape index (κ1) is 38.0. The lowest BCUT2D eigenvalue weighted by molar-refractivity contribution is -0.148. The first-order valence-electron chi connectivity index (χ1n) is 18.9. The molecule has 4 N–H and O–H groups in total. The number of amides is 1. The molecule has 2 aliphatic heterocycles. The normalized spacial score (nSPS) is 24.1. The molecule has 284 valence electrons. The zero-order valence-corrected chi connectivity index (χ0v) is 30.8. The number of aliphatic hydroxyl groups excluding tert-OH is 1. The van der Waals surface area contributed by atoms with E-state index in [2.05, 4.69) is 17.2 Å². The van der Waals surface area contributed by atoms with E-state index >= 15 is 0 Å². The fraction of sp³-hybridized carbons (Fsp3) is 0.356. The lowest BCUT2D eigenvalue weighted by atomic mass is 9.65. The molecule has 2 fully saturated rings. The number of hydrogen-bond acceptors (Lipinski definition) is 8. The summed E-state index contributed by atoms with van der Waals surface area (Å²) in [7, 11) is 1.58. The Bertz CT molecular complexity index is 2050. The average molecular weight is 743 g/mol. The number of carboxylic acids is 1. The van der Waals surface area contributed by atoms with Gasteiger partial charge in [0.05, 0.1) is 30.7 Å². The third-order valence-electron chi connectivity index (χ3n) is 11.5. The SMILES string of the molecule is CO[C@@H](c1ccccc1)[C@@H](c1ccccc1)N1[C@@H](c2ccc(OCCO)cc2)[C@]2(C(=O)Nc3ccc(C#CC4(O)CCCCCC4)cc32)[C@@H](C(=O)O)[C@@H]1C=O. The molecule has 10 nitrogen and oxygen atoms in total. The molecule has 4 aromatic carbocycles. The van der Waals surface area contributed by atoms with Crippen LogP contribution in [0.4, 0.5) is 5.69 Å². The number of anilines is 1. The highest BCUT2D eigenvalue weighted by atomic mass is 16.5. The highest BCUT2D eigenvalue weighted by Gasteiger charge is 2.71. The van der Waals surface area contributed by atoms with Crippen LogP contribution in [0.1, 0.15) is 84.5 Å². The number of methoxy groups -OCH3 is 1. The van der Waals surface area contributed by atoms with Gasteiger partial charge in [-0.15, -0.1) is 0 Å². The Kier molecular flexibility index (Phi) is 11.2. The second kappa shape index (κ2) is 16.2. The summed E-state index contributed by atoms with van der Waals surface area (Å²) in [6.45, 7) is -0.108. The molecule has 3 aliphatic rings. The van der Waals surface area contributed by atoms with Gasteiger partial charge in [0.2, 0.25) is 5.91 Å². The molecule has 7 rings (SSSR count). The van der Waals surface area contributed by atoms with Gasteiger partial charge in [-0.1, -0.05) is 97.5 Å². The second-order valence-electron chi connectivity index (χ2n) is 14.6. The lowest BCUT2D eigenvalue weighted by Gasteiger charge is -2.42. The van der Waals surface area contributed by atoms with Gasteiger partial charge in [-0.3, -0.25) is 14.5 Å². The van der Waals surface area contributed by atoms with Gasteiger partial charge in [-0.25, -0.2) is 0 Å². The van der Waals surface area contributed by atoms with E-state index in [-0.39, 0.29) is 13.2 Å². The number of carbonyl (C=O) groups excluding carboxylic acids is 2. The maximum absolute atomic E-state index is 15.0. The average Bonchev–Trinajstić information content (AvgIpc) is 3.56. The molecular formula is C45H46N2O8. The molecule has 1 saturated carbocycles. The molecule has 4 aromatic rings. The number of ether oxygens (including phenoxy) is 2. The van der Waals surface area contributed by atoms with Crippen molar-refractivity contribution < 1.29 is 39.2 Å². The number of fused-ring (bicyclic) bond motifs is 2. The molecule has 0 radical (unpaired) electrons. The van der Waals surface area contributed by atoms with Crippen molar-refractivity contribution in [1.82, 2.24) is 4.90 Å². The summed E-state index contributed by atoms with van der Waals surface area (Å²) in [4.78, 5) is 44.3. The number of carboxylic acid groups (broad SMARTS) is 1. The molecule has 1 aliphatic carbocycles. The van der Waals surface area contributed by atoms with Crippen molar-refractivity contribution >= 4 is 23.9 Å². The highest BCUT2D eigenvalue weighted by molar-refractivity contribution is 6.11. The van der Waals surface area contributed by atoms with Crippen LogP contribution in [-0.2, 0) is 24.5 Å². The third-order valence-corrected chi connectivity index (χ3v) is 11.5.